The Morgan fingerprint density at radius 2 is 1.18 bits per heavy atom. The van der Waals surface area contributed by atoms with Crippen molar-refractivity contribution in [3.63, 3.8) is 0 Å². The van der Waals surface area contributed by atoms with Gasteiger partial charge in [-0.1, -0.05) is 156 Å². The molecule has 4 heteroatoms. The standard InChI is InChI=1S/C64H67BN2O/c1-59(2,3)40-24-26-51(44(33-40)38-20-14-13-15-21-38)66-52-27-25-43-45-36-48-49(62(9,10)31-30-61(48,7)8)37-53(45)68-58(43)55(52)65-54-46(32-39-22-16-17-23-42(39)57(54)66)47-34-41(60(4,5)6)35-50-56(47)67(65)64(12)29-19-18-28-63(50,64)11/h13-17,20-27,32-37H,18-19,28-31H2,1-12H3. The Balaban J connectivity index is 1.22. The minimum Gasteiger partial charge on any atom is -0.456 e. The van der Waals surface area contributed by atoms with Crippen molar-refractivity contribution in [1.82, 2.24) is 0 Å². The van der Waals surface area contributed by atoms with Gasteiger partial charge in [-0.05, 0) is 153 Å². The zero-order valence-corrected chi connectivity index (χ0v) is 42.6. The lowest BCUT2D eigenvalue weighted by Gasteiger charge is -2.55. The molecule has 3 nitrogen and oxygen atoms in total. The molecule has 3 aliphatic heterocycles. The molecule has 342 valence electrons. The van der Waals surface area contributed by atoms with Gasteiger partial charge in [-0.25, -0.2) is 0 Å². The summed E-state index contributed by atoms with van der Waals surface area (Å²) in [5.41, 5.74) is 22.3. The molecule has 5 aliphatic rings. The van der Waals surface area contributed by atoms with Crippen LogP contribution in [0.15, 0.2) is 120 Å². The summed E-state index contributed by atoms with van der Waals surface area (Å²) in [6.07, 6.45) is 7.16. The Morgan fingerprint density at radius 1 is 0.515 bits per heavy atom. The molecule has 68 heavy (non-hydrogen) atoms. The van der Waals surface area contributed by atoms with Gasteiger partial charge in [0.05, 0.1) is 11.4 Å². The molecular weight excluding hydrogens is 824 g/mol. The molecule has 0 amide bonds. The predicted molar refractivity (Wildman–Crippen MR) is 291 cm³/mol. The number of hydrogen-bond donors (Lipinski definition) is 0. The molecule has 4 heterocycles. The van der Waals surface area contributed by atoms with Gasteiger partial charge in [-0.2, -0.15) is 0 Å². The van der Waals surface area contributed by atoms with Crippen LogP contribution in [0.2, 0.25) is 0 Å². The fourth-order valence-corrected chi connectivity index (χ4v) is 14.2. The van der Waals surface area contributed by atoms with E-state index in [0.29, 0.717) is 0 Å². The summed E-state index contributed by atoms with van der Waals surface area (Å²) in [5.74, 6) is 0. The van der Waals surface area contributed by atoms with E-state index >= 15 is 0 Å². The van der Waals surface area contributed by atoms with Gasteiger partial charge in [-0.15, -0.1) is 0 Å². The SMILES string of the molecule is CC(C)(C)c1ccc(N2c3ccc4c(oc5cc6c(cc54)C(C)(C)CCC6(C)C)c3B3c4c(cc5ccccc5c42)-c2cc(C(C)(C)C)cc4c2N3C2(C)CCCCC42C)c(-c2ccccc2)c1. The molecule has 13 rings (SSSR count). The van der Waals surface area contributed by atoms with E-state index in [9.17, 15) is 0 Å². The van der Waals surface area contributed by atoms with E-state index in [-0.39, 0.29) is 39.5 Å². The quantitative estimate of drug-likeness (QED) is 0.161. The second-order valence-electron chi connectivity index (χ2n) is 25.5. The third-order valence-electron chi connectivity index (χ3n) is 18.6. The number of rotatable bonds is 2. The van der Waals surface area contributed by atoms with Crippen LogP contribution in [-0.2, 0) is 27.1 Å². The smallest absolute Gasteiger partial charge is 0.332 e. The van der Waals surface area contributed by atoms with Gasteiger partial charge >= 0.3 is 6.85 Å². The first-order chi connectivity index (χ1) is 32.2. The molecule has 2 atom stereocenters. The average molecular weight is 891 g/mol. The molecule has 0 bridgehead atoms. The molecule has 0 N–H and O–H groups in total. The first-order valence-corrected chi connectivity index (χ1v) is 25.8. The minimum atomic E-state index is -0.131. The lowest BCUT2D eigenvalue weighted by atomic mass is 9.41. The summed E-state index contributed by atoms with van der Waals surface area (Å²) in [4.78, 5) is 5.67. The van der Waals surface area contributed by atoms with E-state index in [2.05, 4.69) is 208 Å². The van der Waals surface area contributed by atoms with Crippen LogP contribution in [0.1, 0.15) is 149 Å². The highest BCUT2D eigenvalue weighted by Crippen LogP contribution is 2.64. The van der Waals surface area contributed by atoms with E-state index in [0.717, 1.165) is 17.6 Å². The van der Waals surface area contributed by atoms with Gasteiger partial charge in [0.1, 0.15) is 11.2 Å². The molecule has 0 radical (unpaired) electrons. The maximum atomic E-state index is 7.64. The lowest BCUT2D eigenvalue weighted by Crippen LogP contribution is -2.70. The van der Waals surface area contributed by atoms with Crippen LogP contribution < -0.4 is 20.6 Å². The molecular formula is C64H67BN2O. The zero-order chi connectivity index (χ0) is 47.2. The number of hydrogen-bond acceptors (Lipinski definition) is 3. The Hall–Kier alpha value is -5.74. The van der Waals surface area contributed by atoms with Crippen LogP contribution in [0.5, 0.6) is 0 Å². The highest BCUT2D eigenvalue weighted by molar-refractivity contribution is 6.95. The number of nitrogens with zero attached hydrogens (tertiary/aromatic N) is 2. The normalized spacial score (nSPS) is 22.0. The Morgan fingerprint density at radius 3 is 1.91 bits per heavy atom. The first-order valence-electron chi connectivity index (χ1n) is 25.8. The Bertz CT molecular complexity index is 3490. The lowest BCUT2D eigenvalue weighted by molar-refractivity contribution is 0.199. The zero-order valence-electron chi connectivity index (χ0n) is 42.6. The van der Waals surface area contributed by atoms with Crippen molar-refractivity contribution < 1.29 is 4.42 Å². The summed E-state index contributed by atoms with van der Waals surface area (Å²) < 4.78 is 7.64. The van der Waals surface area contributed by atoms with Crippen LogP contribution in [0.4, 0.5) is 22.7 Å². The summed E-state index contributed by atoms with van der Waals surface area (Å²) in [7, 11) is 0. The Kier molecular flexibility index (Phi) is 8.43. The molecule has 1 aromatic heterocycles. The van der Waals surface area contributed by atoms with Gasteiger partial charge in [0.15, 0.2) is 0 Å². The number of benzene rings is 7. The minimum absolute atomic E-state index is 0.0190. The topological polar surface area (TPSA) is 19.6 Å². The van der Waals surface area contributed by atoms with Crippen molar-refractivity contribution in [2.24, 2.45) is 0 Å². The number of fused-ring (bicyclic) bond motifs is 14. The van der Waals surface area contributed by atoms with Crippen LogP contribution in [0.3, 0.4) is 0 Å². The summed E-state index contributed by atoms with van der Waals surface area (Å²) in [5, 5.41) is 5.03. The van der Waals surface area contributed by atoms with Crippen molar-refractivity contribution >= 4 is 73.2 Å². The Labute approximate surface area is 405 Å². The largest absolute Gasteiger partial charge is 0.456 e. The van der Waals surface area contributed by atoms with Gasteiger partial charge in [0.2, 0.25) is 0 Å². The third kappa shape index (κ3) is 5.50. The second kappa shape index (κ2) is 13.5. The molecule has 7 aromatic carbocycles. The number of furan rings is 1. The van der Waals surface area contributed by atoms with Crippen LogP contribution in [0.25, 0.3) is 55.0 Å². The molecule has 0 spiro atoms. The second-order valence-corrected chi connectivity index (χ2v) is 25.5. The van der Waals surface area contributed by atoms with Crippen molar-refractivity contribution in [3.8, 4) is 22.3 Å². The van der Waals surface area contributed by atoms with E-state index in [1.165, 1.54) is 132 Å². The van der Waals surface area contributed by atoms with Gasteiger partial charge in [0.25, 0.3) is 0 Å². The maximum absolute atomic E-state index is 7.64. The average Bonchev–Trinajstić information content (AvgIpc) is 3.78. The van der Waals surface area contributed by atoms with Gasteiger partial charge < -0.3 is 14.1 Å². The highest BCUT2D eigenvalue weighted by atomic mass is 16.3. The van der Waals surface area contributed by atoms with E-state index < -0.39 is 0 Å². The molecule has 1 fully saturated rings. The van der Waals surface area contributed by atoms with Crippen molar-refractivity contribution in [3.05, 3.63) is 143 Å². The fraction of sp³-hybridized carbons (Fsp3) is 0.375. The summed E-state index contributed by atoms with van der Waals surface area (Å²) in [6, 6.07) is 45.3. The number of anilines is 4. The van der Waals surface area contributed by atoms with Crippen LogP contribution >= 0.6 is 0 Å². The summed E-state index contributed by atoms with van der Waals surface area (Å²) >= 11 is 0. The van der Waals surface area contributed by atoms with Crippen LogP contribution in [-0.4, -0.2) is 12.4 Å². The van der Waals surface area contributed by atoms with E-state index in [1.54, 1.807) is 5.56 Å². The highest BCUT2D eigenvalue weighted by Gasteiger charge is 2.63. The van der Waals surface area contributed by atoms with Gasteiger partial charge in [0, 0.05) is 55.1 Å². The summed E-state index contributed by atoms with van der Waals surface area (Å²) in [6.45, 7) is 29.2. The molecule has 0 saturated heterocycles. The molecule has 2 unspecified atom stereocenters. The first kappa shape index (κ1) is 42.4. The third-order valence-corrected chi connectivity index (χ3v) is 18.6. The molecule has 8 aromatic rings. The van der Waals surface area contributed by atoms with Gasteiger partial charge in [-0.3, -0.25) is 0 Å². The molecule has 1 saturated carbocycles. The van der Waals surface area contributed by atoms with E-state index in [4.69, 9.17) is 4.42 Å². The maximum Gasteiger partial charge on any atom is 0.332 e. The predicted octanol–water partition coefficient (Wildman–Crippen LogP) is 16.3. The van der Waals surface area contributed by atoms with Crippen LogP contribution in [0, 0.1) is 0 Å². The van der Waals surface area contributed by atoms with Crippen molar-refractivity contribution in [2.75, 3.05) is 9.71 Å². The van der Waals surface area contributed by atoms with E-state index in [1.807, 2.05) is 0 Å². The fourth-order valence-electron chi connectivity index (χ4n) is 14.2. The molecule has 2 aliphatic carbocycles. The monoisotopic (exact) mass is 891 g/mol. The van der Waals surface area contributed by atoms with Crippen molar-refractivity contribution in [2.45, 2.75) is 154 Å². The van der Waals surface area contributed by atoms with Crippen molar-refractivity contribution in [1.29, 1.82) is 0 Å².